The monoisotopic (exact) mass is 392 g/mol. The second-order valence-electron chi connectivity index (χ2n) is 8.48. The van der Waals surface area contributed by atoms with Crippen LogP contribution in [0.15, 0.2) is 42.5 Å². The zero-order valence-corrected chi connectivity index (χ0v) is 18.2. The Balaban J connectivity index is 1.54. The first-order valence-corrected chi connectivity index (χ1v) is 11.6. The summed E-state index contributed by atoms with van der Waals surface area (Å²) in [7, 11) is 0. The first-order valence-electron chi connectivity index (χ1n) is 11.6. The van der Waals surface area contributed by atoms with Gasteiger partial charge in [0.2, 0.25) is 0 Å². The molecule has 2 heteroatoms. The summed E-state index contributed by atoms with van der Waals surface area (Å²) in [5, 5.41) is 2.32. The van der Waals surface area contributed by atoms with E-state index in [0.29, 0.717) is 12.2 Å². The van der Waals surface area contributed by atoms with Gasteiger partial charge in [-0.3, -0.25) is 4.79 Å². The van der Waals surface area contributed by atoms with Crippen LogP contribution in [0.25, 0.3) is 16.3 Å². The fourth-order valence-electron chi connectivity index (χ4n) is 4.32. The molecular weight excluding hydrogens is 356 g/mol. The summed E-state index contributed by atoms with van der Waals surface area (Å²) < 4.78 is 5.34. The van der Waals surface area contributed by atoms with E-state index in [0.717, 1.165) is 11.3 Å². The summed E-state index contributed by atoms with van der Waals surface area (Å²) in [4.78, 5) is 11.5. The van der Waals surface area contributed by atoms with Gasteiger partial charge in [0.25, 0.3) is 0 Å². The Morgan fingerprint density at radius 3 is 2.48 bits per heavy atom. The number of fused-ring (bicyclic) bond motifs is 1. The van der Waals surface area contributed by atoms with Crippen molar-refractivity contribution in [2.45, 2.75) is 84.5 Å². The average molecular weight is 393 g/mol. The fraction of sp³-hybridized carbons (Fsp3) is 0.519. The van der Waals surface area contributed by atoms with Crippen molar-refractivity contribution in [3.05, 3.63) is 48.0 Å². The number of benzene rings is 2. The molecule has 0 aromatic heterocycles. The Labute approximate surface area is 176 Å². The van der Waals surface area contributed by atoms with E-state index in [1.165, 1.54) is 80.7 Å². The van der Waals surface area contributed by atoms with Gasteiger partial charge in [-0.1, -0.05) is 83.1 Å². The Morgan fingerprint density at radius 2 is 1.72 bits per heavy atom. The number of unbranched alkanes of at least 4 members (excludes halogenated alkanes) is 5. The molecule has 156 valence electrons. The average Bonchev–Trinajstić information content (AvgIpc) is 2.76. The van der Waals surface area contributed by atoms with E-state index in [2.05, 4.69) is 37.3 Å². The van der Waals surface area contributed by atoms with Crippen LogP contribution in [0.5, 0.6) is 5.75 Å². The lowest BCUT2D eigenvalue weighted by molar-refractivity contribution is -0.134. The van der Waals surface area contributed by atoms with Crippen LogP contribution in [0.3, 0.4) is 0 Å². The normalized spacial score (nSPS) is 16.6. The van der Waals surface area contributed by atoms with Gasteiger partial charge in [-0.2, -0.15) is 0 Å². The molecule has 3 rings (SSSR count). The number of allylic oxidation sites excluding steroid dienone is 2. The number of hydrogen-bond acceptors (Lipinski definition) is 2. The predicted molar refractivity (Wildman–Crippen MR) is 123 cm³/mol. The van der Waals surface area contributed by atoms with E-state index < -0.39 is 0 Å². The zero-order chi connectivity index (χ0) is 20.5. The van der Waals surface area contributed by atoms with Crippen molar-refractivity contribution in [3.63, 3.8) is 0 Å². The van der Waals surface area contributed by atoms with Crippen molar-refractivity contribution in [2.75, 3.05) is 0 Å². The highest BCUT2D eigenvalue weighted by Gasteiger charge is 2.15. The highest BCUT2D eigenvalue weighted by atomic mass is 16.5. The van der Waals surface area contributed by atoms with E-state index in [-0.39, 0.29) is 5.97 Å². The summed E-state index contributed by atoms with van der Waals surface area (Å²) in [6.07, 6.45) is 16.4. The van der Waals surface area contributed by atoms with E-state index in [1.54, 1.807) is 0 Å². The van der Waals surface area contributed by atoms with Gasteiger partial charge in [-0.05, 0) is 65.3 Å². The first kappa shape index (κ1) is 21.6. The van der Waals surface area contributed by atoms with Crippen molar-refractivity contribution in [3.8, 4) is 5.75 Å². The largest absolute Gasteiger partial charge is 0.427 e. The smallest absolute Gasteiger partial charge is 0.310 e. The zero-order valence-electron chi connectivity index (χ0n) is 18.2. The third kappa shape index (κ3) is 6.45. The maximum Gasteiger partial charge on any atom is 0.310 e. The molecule has 1 aliphatic rings. The van der Waals surface area contributed by atoms with Gasteiger partial charge >= 0.3 is 5.97 Å². The van der Waals surface area contributed by atoms with Crippen LogP contribution < -0.4 is 4.74 Å². The van der Waals surface area contributed by atoms with Crippen molar-refractivity contribution in [1.29, 1.82) is 0 Å². The van der Waals surface area contributed by atoms with Crippen LogP contribution in [0.1, 0.15) is 90.0 Å². The maximum atomic E-state index is 11.5. The topological polar surface area (TPSA) is 26.3 Å². The van der Waals surface area contributed by atoms with Crippen LogP contribution in [0.2, 0.25) is 0 Å². The fourth-order valence-corrected chi connectivity index (χ4v) is 4.32. The van der Waals surface area contributed by atoms with Crippen LogP contribution in [-0.2, 0) is 4.79 Å². The molecule has 0 bridgehead atoms. The van der Waals surface area contributed by atoms with Crippen LogP contribution in [0, 0.1) is 5.92 Å². The molecule has 0 radical (unpaired) electrons. The van der Waals surface area contributed by atoms with Crippen molar-refractivity contribution < 1.29 is 9.53 Å². The van der Waals surface area contributed by atoms with E-state index >= 15 is 0 Å². The van der Waals surface area contributed by atoms with E-state index in [1.807, 2.05) is 19.1 Å². The van der Waals surface area contributed by atoms with Crippen molar-refractivity contribution in [1.82, 2.24) is 0 Å². The number of ether oxygens (including phenoxy) is 1. The number of esters is 1. The molecule has 0 aliphatic heterocycles. The molecule has 2 nitrogen and oxygen atoms in total. The summed E-state index contributed by atoms with van der Waals surface area (Å²) in [6.45, 7) is 4.09. The molecule has 0 saturated heterocycles. The van der Waals surface area contributed by atoms with Gasteiger partial charge in [0, 0.05) is 6.42 Å². The van der Waals surface area contributed by atoms with Crippen LogP contribution >= 0.6 is 0 Å². The summed E-state index contributed by atoms with van der Waals surface area (Å²) >= 11 is 0. The van der Waals surface area contributed by atoms with E-state index in [4.69, 9.17) is 4.74 Å². The Morgan fingerprint density at radius 1 is 0.966 bits per heavy atom. The standard InChI is InChI=1S/C27H36O2/c1-3-5-6-7-8-9-10-21-11-13-22(14-12-21)23-15-16-25-20-26(29-27(28)4-2)18-17-24(25)19-23/h13,15-21H,3-12,14H2,1-2H3. The minimum atomic E-state index is -0.191. The van der Waals surface area contributed by atoms with Gasteiger partial charge in [-0.15, -0.1) is 0 Å². The van der Waals surface area contributed by atoms with Gasteiger partial charge in [0.05, 0.1) is 0 Å². The van der Waals surface area contributed by atoms with Gasteiger partial charge in [-0.25, -0.2) is 0 Å². The summed E-state index contributed by atoms with van der Waals surface area (Å²) in [5.41, 5.74) is 2.83. The molecule has 2 aromatic carbocycles. The first-order chi connectivity index (χ1) is 14.2. The number of rotatable bonds is 10. The molecule has 2 aromatic rings. The Hall–Kier alpha value is -2.09. The van der Waals surface area contributed by atoms with Crippen LogP contribution in [0.4, 0.5) is 0 Å². The third-order valence-corrected chi connectivity index (χ3v) is 6.19. The lowest BCUT2D eigenvalue weighted by atomic mass is 9.83. The maximum absolute atomic E-state index is 11.5. The molecule has 1 unspecified atom stereocenters. The van der Waals surface area contributed by atoms with E-state index in [9.17, 15) is 4.79 Å². The summed E-state index contributed by atoms with van der Waals surface area (Å²) in [5.74, 6) is 1.32. The second kappa shape index (κ2) is 11.2. The molecule has 1 aliphatic carbocycles. The van der Waals surface area contributed by atoms with Crippen LogP contribution in [-0.4, -0.2) is 5.97 Å². The number of carbonyl (C=O) groups is 1. The third-order valence-electron chi connectivity index (χ3n) is 6.19. The van der Waals surface area contributed by atoms with Crippen molar-refractivity contribution >= 4 is 22.3 Å². The molecule has 0 saturated carbocycles. The SMILES string of the molecule is CCCCCCCCC1CC=C(c2ccc3cc(OC(=O)CC)ccc3c2)CC1. The Kier molecular flexibility index (Phi) is 8.34. The van der Waals surface area contributed by atoms with Crippen molar-refractivity contribution in [2.24, 2.45) is 5.92 Å². The minimum Gasteiger partial charge on any atom is -0.427 e. The summed E-state index contributed by atoms with van der Waals surface area (Å²) in [6, 6.07) is 12.6. The predicted octanol–water partition coefficient (Wildman–Crippen LogP) is 8.09. The lowest BCUT2D eigenvalue weighted by Gasteiger charge is -2.22. The lowest BCUT2D eigenvalue weighted by Crippen LogP contribution is -2.06. The second-order valence-corrected chi connectivity index (χ2v) is 8.48. The molecule has 0 amide bonds. The molecule has 0 N–H and O–H groups in total. The highest BCUT2D eigenvalue weighted by molar-refractivity contribution is 5.88. The van der Waals surface area contributed by atoms with Gasteiger partial charge in [0.15, 0.2) is 0 Å². The minimum absolute atomic E-state index is 0.191. The number of carbonyl (C=O) groups excluding carboxylic acids is 1. The highest BCUT2D eigenvalue weighted by Crippen LogP contribution is 2.34. The molecule has 0 spiro atoms. The van der Waals surface area contributed by atoms with Gasteiger partial charge < -0.3 is 4.74 Å². The molecule has 1 atom stereocenters. The molecule has 29 heavy (non-hydrogen) atoms. The van der Waals surface area contributed by atoms with Gasteiger partial charge in [0.1, 0.15) is 5.75 Å². The molecule has 0 heterocycles. The number of hydrogen-bond donors (Lipinski definition) is 0. The molecular formula is C27H36O2. The molecule has 0 fully saturated rings. The Bertz CT molecular complexity index is 834. The quantitative estimate of drug-likeness (QED) is 0.232.